The molecule has 82 valence electrons. The van der Waals surface area contributed by atoms with Crippen molar-refractivity contribution in [2.24, 2.45) is 0 Å². The molecule has 0 N–H and O–H groups in total. The van der Waals surface area contributed by atoms with Gasteiger partial charge in [-0.15, -0.1) is 13.2 Å². The molecule has 0 aliphatic heterocycles. The van der Waals surface area contributed by atoms with Gasteiger partial charge in [0.2, 0.25) is 5.75 Å². The Hall–Kier alpha value is -1.31. The van der Waals surface area contributed by atoms with Gasteiger partial charge in [0.15, 0.2) is 0 Å². The quantitative estimate of drug-likeness (QED) is 0.619. The minimum Gasteiger partial charge on any atom is -0.397 e. The summed E-state index contributed by atoms with van der Waals surface area (Å²) in [5.74, 6) is -0.852. The fourth-order valence-corrected chi connectivity index (χ4v) is 1.29. The Morgan fingerprint density at radius 3 is 2.47 bits per heavy atom. The maximum absolute atomic E-state index is 11.9. The molecule has 1 aromatic carbocycles. The van der Waals surface area contributed by atoms with E-state index in [0.29, 0.717) is 0 Å². The maximum Gasteiger partial charge on any atom is 0.573 e. The third-order valence-corrected chi connectivity index (χ3v) is 1.99. The van der Waals surface area contributed by atoms with Crippen LogP contribution in [0.5, 0.6) is 5.75 Å². The summed E-state index contributed by atoms with van der Waals surface area (Å²) >= 11 is 2.74. The van der Waals surface area contributed by atoms with Crippen LogP contribution >= 0.6 is 15.9 Å². The number of nitrogens with zero attached hydrogens (tertiary/aromatic N) is 1. The molecule has 0 radical (unpaired) electrons. The largest absolute Gasteiger partial charge is 0.573 e. The standard InChI is InChI=1S/C7H3BrF3NO3/c8-4-2-1-3-5(12(13)14)6(4)15-7(9,10)11/h1-3H. The minimum atomic E-state index is -4.96. The molecule has 0 spiro atoms. The lowest BCUT2D eigenvalue weighted by Crippen LogP contribution is -2.18. The fourth-order valence-electron chi connectivity index (χ4n) is 0.858. The number of rotatable bonds is 2. The lowest BCUT2D eigenvalue weighted by molar-refractivity contribution is -0.388. The van der Waals surface area contributed by atoms with Gasteiger partial charge in [0.05, 0.1) is 9.40 Å². The molecule has 0 fully saturated rings. The van der Waals surface area contributed by atoms with Gasteiger partial charge in [0.25, 0.3) is 0 Å². The van der Waals surface area contributed by atoms with E-state index in [1.165, 1.54) is 12.1 Å². The predicted molar refractivity (Wildman–Crippen MR) is 47.5 cm³/mol. The van der Waals surface area contributed by atoms with Gasteiger partial charge in [-0.2, -0.15) is 0 Å². The van der Waals surface area contributed by atoms with Crippen LogP contribution in [0.1, 0.15) is 0 Å². The van der Waals surface area contributed by atoms with Gasteiger partial charge in [0, 0.05) is 6.07 Å². The van der Waals surface area contributed by atoms with Gasteiger partial charge in [-0.1, -0.05) is 6.07 Å². The topological polar surface area (TPSA) is 52.4 Å². The molecule has 8 heteroatoms. The van der Waals surface area contributed by atoms with Crippen LogP contribution in [0, 0.1) is 10.1 Å². The van der Waals surface area contributed by atoms with Gasteiger partial charge in [-0.25, -0.2) is 0 Å². The lowest BCUT2D eigenvalue weighted by Gasteiger charge is -2.10. The van der Waals surface area contributed by atoms with Gasteiger partial charge >= 0.3 is 12.0 Å². The number of nitro groups is 1. The molecule has 1 rings (SSSR count). The minimum absolute atomic E-state index is 0.131. The van der Waals surface area contributed by atoms with Crippen LogP contribution in [-0.2, 0) is 0 Å². The second-order valence-electron chi connectivity index (χ2n) is 2.39. The van der Waals surface area contributed by atoms with Crippen molar-refractivity contribution >= 4 is 21.6 Å². The Balaban J connectivity index is 3.19. The van der Waals surface area contributed by atoms with Crippen LogP contribution in [-0.4, -0.2) is 11.3 Å². The third-order valence-electron chi connectivity index (χ3n) is 1.36. The highest BCUT2D eigenvalue weighted by Gasteiger charge is 2.35. The first-order valence-electron chi connectivity index (χ1n) is 3.50. The molecule has 0 unspecified atom stereocenters. The summed E-state index contributed by atoms with van der Waals surface area (Å²) in [5, 5.41) is 10.4. The third kappa shape index (κ3) is 3.08. The van der Waals surface area contributed by atoms with Crippen LogP contribution < -0.4 is 4.74 Å². The smallest absolute Gasteiger partial charge is 0.397 e. The molecule has 0 aliphatic carbocycles. The lowest BCUT2D eigenvalue weighted by atomic mass is 10.3. The van der Waals surface area contributed by atoms with Gasteiger partial charge in [0.1, 0.15) is 0 Å². The normalized spacial score (nSPS) is 11.2. The van der Waals surface area contributed by atoms with Crippen molar-refractivity contribution in [3.63, 3.8) is 0 Å². The SMILES string of the molecule is O=[N+]([O-])c1cccc(Br)c1OC(F)(F)F. The van der Waals surface area contributed by atoms with E-state index < -0.39 is 22.7 Å². The zero-order chi connectivity index (χ0) is 11.6. The number of hydrogen-bond donors (Lipinski definition) is 0. The highest BCUT2D eigenvalue weighted by atomic mass is 79.9. The van der Waals surface area contributed by atoms with E-state index in [9.17, 15) is 23.3 Å². The fraction of sp³-hybridized carbons (Fsp3) is 0.143. The molecule has 0 amide bonds. The zero-order valence-corrected chi connectivity index (χ0v) is 8.50. The number of para-hydroxylation sites is 1. The molecule has 15 heavy (non-hydrogen) atoms. The van der Waals surface area contributed by atoms with E-state index in [1.54, 1.807) is 0 Å². The van der Waals surface area contributed by atoms with Crippen molar-refractivity contribution in [3.05, 3.63) is 32.8 Å². The first-order valence-corrected chi connectivity index (χ1v) is 4.29. The number of hydrogen-bond acceptors (Lipinski definition) is 3. The predicted octanol–water partition coefficient (Wildman–Crippen LogP) is 3.26. The summed E-state index contributed by atoms with van der Waals surface area (Å²) in [6.07, 6.45) is -4.96. The van der Waals surface area contributed by atoms with Crippen LogP contribution in [0.15, 0.2) is 22.7 Å². The first-order chi connectivity index (χ1) is 6.81. The highest BCUT2D eigenvalue weighted by Crippen LogP contribution is 2.37. The van der Waals surface area contributed by atoms with Gasteiger partial charge in [-0.05, 0) is 22.0 Å². The van der Waals surface area contributed by atoms with Crippen LogP contribution in [0.4, 0.5) is 18.9 Å². The van der Waals surface area contributed by atoms with Crippen LogP contribution in [0.2, 0.25) is 0 Å². The average Bonchev–Trinajstić information content (AvgIpc) is 2.05. The molecule has 0 aliphatic rings. The maximum atomic E-state index is 11.9. The van der Waals surface area contributed by atoms with E-state index in [4.69, 9.17) is 0 Å². The van der Waals surface area contributed by atoms with Crippen LogP contribution in [0.3, 0.4) is 0 Å². The number of ether oxygens (including phenoxy) is 1. The number of halogens is 4. The molecule has 0 heterocycles. The monoisotopic (exact) mass is 285 g/mol. The summed E-state index contributed by atoms with van der Waals surface area (Å²) in [6, 6.07) is 3.38. The van der Waals surface area contributed by atoms with Gasteiger partial charge in [-0.3, -0.25) is 10.1 Å². The van der Waals surface area contributed by atoms with Crippen molar-refractivity contribution in [2.75, 3.05) is 0 Å². The Kier molecular flexibility index (Phi) is 3.18. The average molecular weight is 286 g/mol. The first kappa shape index (κ1) is 11.8. The molecular weight excluding hydrogens is 283 g/mol. The second-order valence-corrected chi connectivity index (χ2v) is 3.25. The van der Waals surface area contributed by atoms with Crippen molar-refractivity contribution in [1.29, 1.82) is 0 Å². The van der Waals surface area contributed by atoms with Gasteiger partial charge < -0.3 is 4.74 Å². The number of alkyl halides is 3. The Morgan fingerprint density at radius 2 is 2.00 bits per heavy atom. The zero-order valence-electron chi connectivity index (χ0n) is 6.92. The van der Waals surface area contributed by atoms with Crippen molar-refractivity contribution in [2.45, 2.75) is 6.36 Å². The molecule has 0 aromatic heterocycles. The Morgan fingerprint density at radius 1 is 1.40 bits per heavy atom. The molecule has 1 aromatic rings. The molecular formula is C7H3BrF3NO3. The molecule has 0 atom stereocenters. The van der Waals surface area contributed by atoms with E-state index >= 15 is 0 Å². The Labute approximate surface area is 89.9 Å². The molecule has 4 nitrogen and oxygen atoms in total. The molecule has 0 saturated heterocycles. The summed E-state index contributed by atoms with van der Waals surface area (Å²) in [4.78, 5) is 9.44. The molecule has 0 bridgehead atoms. The van der Waals surface area contributed by atoms with Crippen molar-refractivity contribution < 1.29 is 22.8 Å². The van der Waals surface area contributed by atoms with E-state index in [1.807, 2.05) is 0 Å². The number of benzene rings is 1. The molecule has 0 saturated carbocycles. The van der Waals surface area contributed by atoms with Crippen molar-refractivity contribution in [3.8, 4) is 5.75 Å². The number of nitro benzene ring substituents is 1. The summed E-state index contributed by atoms with van der Waals surface area (Å²) in [5.41, 5.74) is -0.748. The van der Waals surface area contributed by atoms with E-state index in [-0.39, 0.29) is 4.47 Å². The summed E-state index contributed by atoms with van der Waals surface area (Å²) in [6.45, 7) is 0. The summed E-state index contributed by atoms with van der Waals surface area (Å²) in [7, 11) is 0. The van der Waals surface area contributed by atoms with E-state index in [0.717, 1.165) is 6.07 Å². The Bertz CT molecular complexity index is 394. The van der Waals surface area contributed by atoms with E-state index in [2.05, 4.69) is 20.7 Å². The summed E-state index contributed by atoms with van der Waals surface area (Å²) < 4.78 is 39.1. The van der Waals surface area contributed by atoms with Crippen LogP contribution in [0.25, 0.3) is 0 Å². The second kappa shape index (κ2) is 4.05. The highest BCUT2D eigenvalue weighted by molar-refractivity contribution is 9.10. The van der Waals surface area contributed by atoms with Crippen molar-refractivity contribution in [1.82, 2.24) is 0 Å².